The highest BCUT2D eigenvalue weighted by atomic mass is 79.9. The third kappa shape index (κ3) is 3.80. The number of carboxylic acids is 1. The van der Waals surface area contributed by atoms with Gasteiger partial charge in [0.15, 0.2) is 0 Å². The molecule has 0 radical (unpaired) electrons. The van der Waals surface area contributed by atoms with E-state index in [-0.39, 0.29) is 21.5 Å². The highest BCUT2D eigenvalue weighted by Gasteiger charge is 2.27. The highest BCUT2D eigenvalue weighted by Crippen LogP contribution is 2.30. The van der Waals surface area contributed by atoms with Gasteiger partial charge in [0.1, 0.15) is 4.90 Å². The van der Waals surface area contributed by atoms with Gasteiger partial charge in [-0.25, -0.2) is 13.2 Å². The van der Waals surface area contributed by atoms with Crippen LogP contribution in [0.15, 0.2) is 64.5 Å². The molecule has 0 bridgehead atoms. The maximum absolute atomic E-state index is 13.0. The molecule has 0 unspecified atom stereocenters. The van der Waals surface area contributed by atoms with Gasteiger partial charge < -0.3 is 5.11 Å². The number of halogens is 2. The van der Waals surface area contributed by atoms with Crippen molar-refractivity contribution in [2.75, 3.05) is 10.8 Å². The van der Waals surface area contributed by atoms with E-state index in [1.165, 1.54) is 18.2 Å². The monoisotopic (exact) mass is 429 g/mol. The Labute approximate surface area is 153 Å². The first kappa shape index (κ1) is 18.5. The summed E-state index contributed by atoms with van der Waals surface area (Å²) in [6, 6.07) is 10.1. The molecule has 0 fully saturated rings. The summed E-state index contributed by atoms with van der Waals surface area (Å²) in [5.74, 6) is -1.21. The number of sulfonamides is 1. The molecule has 0 aromatic heterocycles. The van der Waals surface area contributed by atoms with E-state index in [1.807, 2.05) is 0 Å². The van der Waals surface area contributed by atoms with Crippen molar-refractivity contribution in [3.8, 4) is 0 Å². The molecule has 0 spiro atoms. The Morgan fingerprint density at radius 1 is 1.25 bits per heavy atom. The fourth-order valence-corrected chi connectivity index (χ4v) is 4.53. The summed E-state index contributed by atoms with van der Waals surface area (Å²) < 4.78 is 27.5. The Kier molecular flexibility index (Phi) is 5.69. The quantitative estimate of drug-likeness (QED) is 0.698. The van der Waals surface area contributed by atoms with Crippen LogP contribution < -0.4 is 4.31 Å². The van der Waals surface area contributed by atoms with Crippen molar-refractivity contribution in [2.45, 2.75) is 4.90 Å². The van der Waals surface area contributed by atoms with Gasteiger partial charge in [0.25, 0.3) is 10.0 Å². The molecule has 0 saturated carbocycles. The fourth-order valence-electron chi connectivity index (χ4n) is 2.02. The van der Waals surface area contributed by atoms with Gasteiger partial charge in [-0.05, 0) is 58.4 Å². The summed E-state index contributed by atoms with van der Waals surface area (Å²) in [7, 11) is -4.01. The van der Waals surface area contributed by atoms with Crippen LogP contribution in [-0.4, -0.2) is 26.0 Å². The summed E-state index contributed by atoms with van der Waals surface area (Å²) in [6.07, 6.45) is 1.45. The van der Waals surface area contributed by atoms with Crippen molar-refractivity contribution in [3.63, 3.8) is 0 Å². The number of carboxylic acid groups (broad SMARTS) is 1. The fraction of sp³-hybridized carbons (Fsp3) is 0.0625. The Morgan fingerprint density at radius 3 is 2.42 bits per heavy atom. The molecule has 0 aliphatic rings. The molecule has 0 aliphatic carbocycles. The van der Waals surface area contributed by atoms with Crippen molar-refractivity contribution in [1.29, 1.82) is 0 Å². The lowest BCUT2D eigenvalue weighted by molar-refractivity contribution is 0.0696. The summed E-state index contributed by atoms with van der Waals surface area (Å²) in [6.45, 7) is 3.60. The third-order valence-electron chi connectivity index (χ3n) is 3.16. The van der Waals surface area contributed by atoms with Crippen LogP contribution in [0.25, 0.3) is 0 Å². The second kappa shape index (κ2) is 7.38. The summed E-state index contributed by atoms with van der Waals surface area (Å²) in [5.41, 5.74) is 0.276. The minimum Gasteiger partial charge on any atom is -0.478 e. The molecule has 0 amide bonds. The molecule has 0 aliphatic heterocycles. The van der Waals surface area contributed by atoms with E-state index in [2.05, 4.69) is 22.5 Å². The molecule has 0 heterocycles. The maximum Gasteiger partial charge on any atom is 0.335 e. The number of benzene rings is 2. The normalized spacial score (nSPS) is 11.1. The van der Waals surface area contributed by atoms with Gasteiger partial charge in [-0.1, -0.05) is 17.7 Å². The molecular weight excluding hydrogens is 418 g/mol. The topological polar surface area (TPSA) is 74.7 Å². The molecule has 0 atom stereocenters. The zero-order valence-corrected chi connectivity index (χ0v) is 15.5. The zero-order chi connectivity index (χ0) is 17.9. The van der Waals surface area contributed by atoms with Crippen LogP contribution in [-0.2, 0) is 10.0 Å². The Hall–Kier alpha value is -1.83. The van der Waals surface area contributed by atoms with E-state index >= 15 is 0 Å². The molecule has 126 valence electrons. The molecule has 5 nitrogen and oxygen atoms in total. The van der Waals surface area contributed by atoms with Crippen molar-refractivity contribution in [1.82, 2.24) is 0 Å². The van der Waals surface area contributed by atoms with Crippen LogP contribution >= 0.6 is 27.5 Å². The third-order valence-corrected chi connectivity index (χ3v) is 6.20. The summed E-state index contributed by atoms with van der Waals surface area (Å²) in [4.78, 5) is 11.0. The number of rotatable bonds is 6. The number of carbonyl (C=O) groups is 1. The van der Waals surface area contributed by atoms with Crippen LogP contribution in [0, 0.1) is 0 Å². The van der Waals surface area contributed by atoms with E-state index < -0.39 is 16.0 Å². The van der Waals surface area contributed by atoms with Gasteiger partial charge in [0.05, 0.1) is 17.8 Å². The van der Waals surface area contributed by atoms with Crippen molar-refractivity contribution in [3.05, 3.63) is 70.2 Å². The molecule has 2 rings (SSSR count). The van der Waals surface area contributed by atoms with Gasteiger partial charge in [0, 0.05) is 9.50 Å². The Bertz CT molecular complexity index is 881. The molecule has 8 heteroatoms. The average Bonchev–Trinajstić information content (AvgIpc) is 2.53. The van der Waals surface area contributed by atoms with Gasteiger partial charge in [-0.3, -0.25) is 4.31 Å². The smallest absolute Gasteiger partial charge is 0.335 e. The predicted molar refractivity (Wildman–Crippen MR) is 97.3 cm³/mol. The van der Waals surface area contributed by atoms with E-state index in [4.69, 9.17) is 16.7 Å². The van der Waals surface area contributed by atoms with Crippen molar-refractivity contribution in [2.24, 2.45) is 0 Å². The largest absolute Gasteiger partial charge is 0.478 e. The minimum absolute atomic E-state index is 0.0215. The van der Waals surface area contributed by atoms with Gasteiger partial charge in [-0.15, -0.1) is 6.58 Å². The summed E-state index contributed by atoms with van der Waals surface area (Å²) in [5, 5.41) is 9.58. The first-order chi connectivity index (χ1) is 11.3. The van der Waals surface area contributed by atoms with Crippen LogP contribution in [0.5, 0.6) is 0 Å². The lowest BCUT2D eigenvalue weighted by Gasteiger charge is -2.24. The second-order valence-corrected chi connectivity index (χ2v) is 7.87. The lowest BCUT2D eigenvalue weighted by Crippen LogP contribution is -2.31. The van der Waals surface area contributed by atoms with E-state index in [1.54, 1.807) is 24.3 Å². The maximum atomic E-state index is 13.0. The van der Waals surface area contributed by atoms with Crippen molar-refractivity contribution < 1.29 is 18.3 Å². The van der Waals surface area contributed by atoms with E-state index in [0.717, 1.165) is 10.4 Å². The van der Waals surface area contributed by atoms with Gasteiger partial charge in [-0.2, -0.15) is 0 Å². The molecule has 2 aromatic carbocycles. The molecule has 24 heavy (non-hydrogen) atoms. The average molecular weight is 431 g/mol. The lowest BCUT2D eigenvalue weighted by atomic mass is 10.2. The number of hydrogen-bond donors (Lipinski definition) is 1. The minimum atomic E-state index is -4.01. The Morgan fingerprint density at radius 2 is 1.88 bits per heavy atom. The molecule has 0 saturated heterocycles. The SMILES string of the molecule is C=CCN(c1ccc(Cl)cc1)S(=O)(=O)c1cc(C(=O)O)ccc1Br. The van der Waals surface area contributed by atoms with Crippen LogP contribution in [0.2, 0.25) is 5.02 Å². The summed E-state index contributed by atoms with van der Waals surface area (Å²) >= 11 is 9.02. The van der Waals surface area contributed by atoms with Crippen molar-refractivity contribution >= 4 is 49.2 Å². The molecule has 1 N–H and O–H groups in total. The zero-order valence-electron chi connectivity index (χ0n) is 12.3. The van der Waals surface area contributed by atoms with Gasteiger partial charge >= 0.3 is 5.97 Å². The predicted octanol–water partition coefficient (Wildman–Crippen LogP) is 4.18. The number of aromatic carboxylic acids is 1. The van der Waals surface area contributed by atoms with Crippen LogP contribution in [0.4, 0.5) is 5.69 Å². The first-order valence-corrected chi connectivity index (χ1v) is 9.30. The number of anilines is 1. The van der Waals surface area contributed by atoms with E-state index in [9.17, 15) is 13.2 Å². The van der Waals surface area contributed by atoms with Crippen LogP contribution in [0.3, 0.4) is 0 Å². The standard InChI is InChI=1S/C16H13BrClNO4S/c1-2-9-19(13-6-4-12(18)5-7-13)24(22,23)15-10-11(16(20)21)3-8-14(15)17/h2-8,10H,1,9H2,(H,20,21). The van der Waals surface area contributed by atoms with Crippen LogP contribution in [0.1, 0.15) is 10.4 Å². The first-order valence-electron chi connectivity index (χ1n) is 6.69. The Balaban J connectivity index is 2.60. The molecular formula is C16H13BrClNO4S. The van der Waals surface area contributed by atoms with Gasteiger partial charge in [0.2, 0.25) is 0 Å². The number of hydrogen-bond acceptors (Lipinski definition) is 3. The second-order valence-electron chi connectivity index (χ2n) is 4.75. The highest BCUT2D eigenvalue weighted by molar-refractivity contribution is 9.10. The van der Waals surface area contributed by atoms with E-state index in [0.29, 0.717) is 10.7 Å². The number of nitrogens with zero attached hydrogens (tertiary/aromatic N) is 1. The molecule has 2 aromatic rings.